The van der Waals surface area contributed by atoms with Crippen LogP contribution in [-0.2, 0) is 16.8 Å². The highest BCUT2D eigenvalue weighted by Gasteiger charge is 2.15. The second-order valence-corrected chi connectivity index (χ2v) is 5.87. The van der Waals surface area contributed by atoms with Crippen LogP contribution in [0.4, 0.5) is 0 Å². The van der Waals surface area contributed by atoms with E-state index in [1.54, 1.807) is 6.07 Å². The van der Waals surface area contributed by atoms with Gasteiger partial charge in [0.1, 0.15) is 0 Å². The smallest absolute Gasteiger partial charge is 0.0521 e. The molecule has 1 aliphatic heterocycles. The van der Waals surface area contributed by atoms with Crippen molar-refractivity contribution in [1.82, 2.24) is 4.90 Å². The lowest BCUT2D eigenvalue weighted by molar-refractivity contribution is 0.319. The van der Waals surface area contributed by atoms with Crippen molar-refractivity contribution in [1.29, 1.82) is 0 Å². The van der Waals surface area contributed by atoms with Gasteiger partial charge >= 0.3 is 0 Å². The zero-order valence-corrected chi connectivity index (χ0v) is 12.5. The molecule has 1 unspecified atom stereocenters. The van der Waals surface area contributed by atoms with Crippen LogP contribution in [0.25, 0.3) is 5.57 Å². The molecule has 0 radical (unpaired) electrons. The normalized spacial score (nSPS) is 18.2. The number of hydrogen-bond acceptors (Lipinski definition) is 3. The summed E-state index contributed by atoms with van der Waals surface area (Å²) < 4.78 is 21.6. The zero-order chi connectivity index (χ0) is 13.8. The molecule has 0 aromatic heterocycles. The molecule has 0 fully saturated rings. The predicted octanol–water partition coefficient (Wildman–Crippen LogP) is 2.83. The topological polar surface area (TPSA) is 43.4 Å². The van der Waals surface area contributed by atoms with E-state index in [0.29, 0.717) is 10.6 Å². The lowest BCUT2D eigenvalue weighted by Crippen LogP contribution is -2.28. The van der Waals surface area contributed by atoms with Crippen LogP contribution < -0.4 is 0 Å². The average molecular weight is 299 g/mol. The first kappa shape index (κ1) is 14.7. The maximum absolute atomic E-state index is 10.8. The Bertz CT molecular complexity index is 516. The molecule has 104 valence electrons. The number of likely N-dealkylation sites (N-methyl/N-ethyl adjacent to an activating group) is 1. The molecule has 1 aromatic carbocycles. The van der Waals surface area contributed by atoms with Gasteiger partial charge in [0.15, 0.2) is 0 Å². The molecule has 0 N–H and O–H groups in total. The Hall–Kier alpha value is -0.680. The maximum Gasteiger partial charge on any atom is 0.0521 e. The lowest BCUT2D eigenvalue weighted by atomic mass is 9.98. The van der Waals surface area contributed by atoms with E-state index in [1.165, 1.54) is 5.57 Å². The molecule has 1 aliphatic rings. The standard InChI is InChI=1S/C14H18ClNO2S/c1-2-16-8-6-11(7-9-16)13-5-3-4-12(14(13)15)10-19(17)18/h3-6H,2,7-10H2,1H3,(H,17,18)/p-1. The van der Waals surface area contributed by atoms with Crippen molar-refractivity contribution in [3.05, 3.63) is 40.4 Å². The SMILES string of the molecule is CCN1CC=C(c2cccc(CS(=O)[O-])c2Cl)CC1. The molecule has 3 nitrogen and oxygen atoms in total. The van der Waals surface area contributed by atoms with Crippen LogP contribution in [0.5, 0.6) is 0 Å². The summed E-state index contributed by atoms with van der Waals surface area (Å²) in [6.07, 6.45) is 3.14. The van der Waals surface area contributed by atoms with Crippen molar-refractivity contribution in [2.75, 3.05) is 19.6 Å². The minimum Gasteiger partial charge on any atom is -0.772 e. The molecule has 0 spiro atoms. The van der Waals surface area contributed by atoms with Gasteiger partial charge in [0, 0.05) is 18.8 Å². The van der Waals surface area contributed by atoms with Gasteiger partial charge in [0.05, 0.1) is 5.02 Å². The summed E-state index contributed by atoms with van der Waals surface area (Å²) in [5.74, 6) is -0.0267. The van der Waals surface area contributed by atoms with Gasteiger partial charge in [-0.2, -0.15) is 0 Å². The largest absolute Gasteiger partial charge is 0.772 e. The van der Waals surface area contributed by atoms with E-state index in [0.717, 1.165) is 31.6 Å². The average Bonchev–Trinajstić information content (AvgIpc) is 2.41. The first-order valence-electron chi connectivity index (χ1n) is 6.36. The quantitative estimate of drug-likeness (QED) is 0.803. The molecule has 0 amide bonds. The molecule has 0 saturated heterocycles. The summed E-state index contributed by atoms with van der Waals surface area (Å²) in [7, 11) is 0. The van der Waals surface area contributed by atoms with Crippen molar-refractivity contribution >= 4 is 28.3 Å². The van der Waals surface area contributed by atoms with Crippen LogP contribution >= 0.6 is 11.6 Å². The first-order valence-corrected chi connectivity index (χ1v) is 7.99. The van der Waals surface area contributed by atoms with E-state index < -0.39 is 11.1 Å². The maximum atomic E-state index is 10.8. The number of rotatable bonds is 4. The molecular formula is C14H17ClNO2S-. The van der Waals surface area contributed by atoms with Crippen molar-refractivity contribution in [2.24, 2.45) is 0 Å². The van der Waals surface area contributed by atoms with Gasteiger partial charge in [-0.15, -0.1) is 0 Å². The Morgan fingerprint density at radius 3 is 2.84 bits per heavy atom. The van der Waals surface area contributed by atoms with Gasteiger partial charge in [0.2, 0.25) is 0 Å². The van der Waals surface area contributed by atoms with Gasteiger partial charge in [-0.25, -0.2) is 0 Å². The van der Waals surface area contributed by atoms with Crippen molar-refractivity contribution < 1.29 is 8.76 Å². The minimum atomic E-state index is -2.11. The molecule has 5 heteroatoms. The van der Waals surface area contributed by atoms with Crippen LogP contribution in [-0.4, -0.2) is 33.3 Å². The summed E-state index contributed by atoms with van der Waals surface area (Å²) in [6.45, 7) is 5.15. The third-order valence-corrected chi connectivity index (χ3v) is 4.43. The Balaban J connectivity index is 2.26. The van der Waals surface area contributed by atoms with E-state index >= 15 is 0 Å². The van der Waals surface area contributed by atoms with Gasteiger partial charge < -0.3 is 4.55 Å². The number of benzene rings is 1. The van der Waals surface area contributed by atoms with Crippen LogP contribution in [0.3, 0.4) is 0 Å². The van der Waals surface area contributed by atoms with Crippen molar-refractivity contribution in [2.45, 2.75) is 19.1 Å². The molecule has 1 heterocycles. The molecule has 19 heavy (non-hydrogen) atoms. The van der Waals surface area contributed by atoms with E-state index in [2.05, 4.69) is 17.9 Å². The highest BCUT2D eigenvalue weighted by atomic mass is 35.5. The van der Waals surface area contributed by atoms with Gasteiger partial charge in [0.25, 0.3) is 0 Å². The van der Waals surface area contributed by atoms with Crippen molar-refractivity contribution in [3.8, 4) is 0 Å². The third kappa shape index (κ3) is 3.66. The molecule has 2 rings (SSSR count). The summed E-state index contributed by atoms with van der Waals surface area (Å²) in [5.41, 5.74) is 2.86. The zero-order valence-electron chi connectivity index (χ0n) is 10.9. The minimum absolute atomic E-state index is 0.0267. The van der Waals surface area contributed by atoms with Gasteiger partial charge in [-0.05, 0) is 29.7 Å². The van der Waals surface area contributed by atoms with Crippen LogP contribution in [0.1, 0.15) is 24.5 Å². The lowest BCUT2D eigenvalue weighted by Gasteiger charge is -2.25. The van der Waals surface area contributed by atoms with E-state index in [1.807, 2.05) is 12.1 Å². The molecule has 0 saturated carbocycles. The molecule has 1 atom stereocenters. The number of hydrogen-bond donors (Lipinski definition) is 0. The van der Waals surface area contributed by atoms with E-state index in [9.17, 15) is 8.76 Å². The summed E-state index contributed by atoms with van der Waals surface area (Å²) in [4.78, 5) is 2.36. The fourth-order valence-electron chi connectivity index (χ4n) is 2.31. The molecule has 0 aliphatic carbocycles. The predicted molar refractivity (Wildman–Crippen MR) is 78.8 cm³/mol. The Morgan fingerprint density at radius 1 is 1.47 bits per heavy atom. The second-order valence-electron chi connectivity index (χ2n) is 4.60. The Morgan fingerprint density at radius 2 is 2.26 bits per heavy atom. The van der Waals surface area contributed by atoms with Crippen LogP contribution in [0.15, 0.2) is 24.3 Å². The third-order valence-electron chi connectivity index (χ3n) is 3.44. The summed E-state index contributed by atoms with van der Waals surface area (Å²) >= 11 is 4.22. The molecule has 0 bridgehead atoms. The van der Waals surface area contributed by atoms with Gasteiger partial charge in [-0.1, -0.05) is 53.9 Å². The van der Waals surface area contributed by atoms with Crippen molar-refractivity contribution in [3.63, 3.8) is 0 Å². The van der Waals surface area contributed by atoms with Crippen LogP contribution in [0, 0.1) is 0 Å². The second kappa shape index (κ2) is 6.66. The number of halogens is 1. The van der Waals surface area contributed by atoms with E-state index in [-0.39, 0.29) is 5.75 Å². The highest BCUT2D eigenvalue weighted by Crippen LogP contribution is 2.31. The molecular weight excluding hydrogens is 282 g/mol. The fourth-order valence-corrected chi connectivity index (χ4v) is 3.20. The fraction of sp³-hybridized carbons (Fsp3) is 0.429. The van der Waals surface area contributed by atoms with E-state index in [4.69, 9.17) is 11.6 Å². The molecule has 1 aromatic rings. The highest BCUT2D eigenvalue weighted by molar-refractivity contribution is 7.78. The van der Waals surface area contributed by atoms with Crippen LogP contribution in [0.2, 0.25) is 5.02 Å². The van der Waals surface area contributed by atoms with Gasteiger partial charge in [-0.3, -0.25) is 9.11 Å². The monoisotopic (exact) mass is 298 g/mol. The Kier molecular flexibility index (Phi) is 5.16. The number of nitrogens with zero attached hydrogens (tertiary/aromatic N) is 1. The Labute approximate surface area is 121 Å². The summed E-state index contributed by atoms with van der Waals surface area (Å²) in [6, 6.07) is 5.60. The first-order chi connectivity index (χ1) is 9.11. The summed E-state index contributed by atoms with van der Waals surface area (Å²) in [5, 5.41) is 0.572.